The lowest BCUT2D eigenvalue weighted by Gasteiger charge is -2.36. The highest BCUT2D eigenvalue weighted by Crippen LogP contribution is 2.30. The van der Waals surface area contributed by atoms with E-state index in [0.717, 1.165) is 39.0 Å². The fourth-order valence-electron chi connectivity index (χ4n) is 7.24. The van der Waals surface area contributed by atoms with E-state index < -0.39 is 23.2 Å². The molecular formula is C46H53ClF2N6O8. The third-order valence-corrected chi connectivity index (χ3v) is 10.9. The number of anilines is 4. The van der Waals surface area contributed by atoms with E-state index in [-0.39, 0.29) is 37.1 Å². The average Bonchev–Trinajstić information content (AvgIpc) is 3.90. The SMILES string of the molecule is CC[C@H]1CN(c2ccc(N3CCN(C(=O)COc4ccccc4)CC3)c(F)c2)C(=O)O1.CC[C@H]1CN(c2ccc(N3CCNCC3)c(F)c2)C(=O)O1.O=C(Cl)COc1ccccc1. The highest BCUT2D eigenvalue weighted by molar-refractivity contribution is 6.63. The minimum Gasteiger partial charge on any atom is -0.484 e. The summed E-state index contributed by atoms with van der Waals surface area (Å²) in [6, 6.07) is 28.0. The Balaban J connectivity index is 0.000000177. The van der Waals surface area contributed by atoms with Crippen LogP contribution in [0.25, 0.3) is 0 Å². The van der Waals surface area contributed by atoms with Crippen molar-refractivity contribution in [2.45, 2.75) is 38.9 Å². The van der Waals surface area contributed by atoms with E-state index in [1.807, 2.05) is 72.2 Å². The molecule has 0 radical (unpaired) electrons. The first-order chi connectivity index (χ1) is 30.5. The molecule has 14 nitrogen and oxygen atoms in total. The van der Waals surface area contributed by atoms with Gasteiger partial charge in [-0.25, -0.2) is 18.4 Å². The molecule has 0 aliphatic carbocycles. The van der Waals surface area contributed by atoms with Gasteiger partial charge < -0.3 is 39.0 Å². The number of hydrogen-bond acceptors (Lipinski definition) is 11. The van der Waals surface area contributed by atoms with Gasteiger partial charge in [-0.2, -0.15) is 0 Å². The Morgan fingerprint density at radius 2 is 1.10 bits per heavy atom. The number of carbonyl (C=O) groups is 4. The maximum atomic E-state index is 14.8. The number of carbonyl (C=O) groups excluding carboxylic acids is 4. The van der Waals surface area contributed by atoms with Gasteiger partial charge in [-0.15, -0.1) is 0 Å². The fraction of sp³-hybridized carbons (Fsp3) is 0.391. The molecule has 8 rings (SSSR count). The molecule has 0 saturated carbocycles. The van der Waals surface area contributed by atoms with Crippen molar-refractivity contribution in [3.8, 4) is 11.5 Å². The van der Waals surface area contributed by atoms with Crippen LogP contribution < -0.4 is 34.4 Å². The topological polar surface area (TPSA) is 133 Å². The Kier molecular flexibility index (Phi) is 16.8. The van der Waals surface area contributed by atoms with Crippen LogP contribution in [0.1, 0.15) is 26.7 Å². The predicted molar refractivity (Wildman–Crippen MR) is 237 cm³/mol. The smallest absolute Gasteiger partial charge is 0.414 e. The molecule has 63 heavy (non-hydrogen) atoms. The third kappa shape index (κ3) is 13.0. The minimum atomic E-state index is -0.492. The largest absolute Gasteiger partial charge is 0.484 e. The number of nitrogens with one attached hydrogen (secondary N) is 1. The van der Waals surface area contributed by atoms with Gasteiger partial charge in [0.2, 0.25) is 0 Å². The van der Waals surface area contributed by atoms with Crippen LogP contribution in [0.15, 0.2) is 97.1 Å². The van der Waals surface area contributed by atoms with Gasteiger partial charge in [-0.1, -0.05) is 50.2 Å². The molecule has 4 aromatic rings. The van der Waals surface area contributed by atoms with E-state index in [0.29, 0.717) is 73.5 Å². The molecule has 1 N–H and O–H groups in total. The van der Waals surface area contributed by atoms with Gasteiger partial charge in [0.05, 0.1) is 35.8 Å². The van der Waals surface area contributed by atoms with Crippen LogP contribution in [0.4, 0.5) is 41.1 Å². The first-order valence-electron chi connectivity index (χ1n) is 21.1. The van der Waals surface area contributed by atoms with E-state index in [1.165, 1.54) is 21.9 Å². The van der Waals surface area contributed by atoms with Crippen LogP contribution >= 0.6 is 11.6 Å². The third-order valence-electron chi connectivity index (χ3n) is 10.8. The van der Waals surface area contributed by atoms with Crippen molar-refractivity contribution in [1.29, 1.82) is 0 Å². The number of halogens is 3. The van der Waals surface area contributed by atoms with Crippen LogP contribution in [0.5, 0.6) is 11.5 Å². The Labute approximate surface area is 371 Å². The summed E-state index contributed by atoms with van der Waals surface area (Å²) in [5.41, 5.74) is 2.12. The Bertz CT molecular complexity index is 2140. The summed E-state index contributed by atoms with van der Waals surface area (Å²) in [4.78, 5) is 55.1. The zero-order valence-corrected chi connectivity index (χ0v) is 36.2. The standard InChI is InChI=1S/C23H26FN3O4.C15H20FN3O2.C8H7ClO2/c1-2-18-15-27(23(29)31-18)17-8-9-21(20(24)14-17)25-10-12-26(13-11-25)22(28)16-30-19-6-4-3-5-7-19;1-2-12-10-19(15(20)21-12)11-3-4-14(13(16)9-11)18-7-5-17-6-8-18;9-8(10)6-11-7-4-2-1-3-5-7/h3-9,14,18H,2,10-13,15-16H2,1H3;3-4,9,12,17H,2,5-8,10H2,1H3;1-5H,6H2/t18-;12-;/m00./s1. The number of para-hydroxylation sites is 2. The molecule has 2 atom stereocenters. The van der Waals surface area contributed by atoms with Gasteiger partial charge in [0.15, 0.2) is 13.2 Å². The van der Waals surface area contributed by atoms with Crippen LogP contribution in [-0.2, 0) is 19.1 Å². The first kappa shape index (κ1) is 46.4. The summed E-state index contributed by atoms with van der Waals surface area (Å²) in [6.45, 7) is 10.1. The van der Waals surface area contributed by atoms with Crippen molar-refractivity contribution in [2.75, 3.05) is 98.3 Å². The first-order valence-corrected chi connectivity index (χ1v) is 21.5. The van der Waals surface area contributed by atoms with Crippen LogP contribution in [-0.4, -0.2) is 119 Å². The summed E-state index contributed by atoms with van der Waals surface area (Å²) >= 11 is 5.06. The molecule has 0 spiro atoms. The quantitative estimate of drug-likeness (QED) is 0.146. The Morgan fingerprint density at radius 1 is 0.651 bits per heavy atom. The molecule has 4 aliphatic rings. The Hall–Kier alpha value is -6.13. The number of nitrogens with zero attached hydrogens (tertiary/aromatic N) is 5. The van der Waals surface area contributed by atoms with Crippen molar-refractivity contribution < 1.29 is 46.9 Å². The second kappa shape index (κ2) is 22.8. The molecule has 17 heteroatoms. The molecule has 336 valence electrons. The van der Waals surface area contributed by atoms with Crippen molar-refractivity contribution in [3.05, 3.63) is 109 Å². The zero-order valence-electron chi connectivity index (χ0n) is 35.4. The molecule has 0 aromatic heterocycles. The van der Waals surface area contributed by atoms with Gasteiger partial charge in [-0.3, -0.25) is 19.4 Å². The lowest BCUT2D eigenvalue weighted by Crippen LogP contribution is -2.50. The number of cyclic esters (lactones) is 2. The molecule has 4 saturated heterocycles. The second-order valence-corrected chi connectivity index (χ2v) is 15.4. The molecule has 4 aromatic carbocycles. The highest BCUT2D eigenvalue weighted by Gasteiger charge is 2.33. The van der Waals surface area contributed by atoms with Crippen LogP contribution in [0.3, 0.4) is 0 Å². The highest BCUT2D eigenvalue weighted by atomic mass is 35.5. The van der Waals surface area contributed by atoms with Crippen LogP contribution in [0, 0.1) is 11.6 Å². The van der Waals surface area contributed by atoms with E-state index in [9.17, 15) is 28.0 Å². The molecule has 0 bridgehead atoms. The van der Waals surface area contributed by atoms with E-state index in [2.05, 4.69) is 5.32 Å². The number of benzene rings is 4. The molecule has 4 aliphatic heterocycles. The minimum absolute atomic E-state index is 0.0161. The summed E-state index contributed by atoms with van der Waals surface area (Å²) in [5, 5.41) is 2.75. The predicted octanol–water partition coefficient (Wildman–Crippen LogP) is 7.09. The summed E-state index contributed by atoms with van der Waals surface area (Å²) < 4.78 is 50.2. The molecule has 4 heterocycles. The lowest BCUT2D eigenvalue weighted by atomic mass is 10.2. The van der Waals surface area contributed by atoms with Gasteiger partial charge in [-0.05, 0) is 85.1 Å². The summed E-state index contributed by atoms with van der Waals surface area (Å²) in [7, 11) is 0. The molecule has 3 amide bonds. The van der Waals surface area contributed by atoms with Crippen molar-refractivity contribution >= 4 is 57.7 Å². The number of rotatable bonds is 12. The molecular weight excluding hydrogens is 838 g/mol. The van der Waals surface area contributed by atoms with Crippen LogP contribution in [0.2, 0.25) is 0 Å². The van der Waals surface area contributed by atoms with E-state index in [1.54, 1.807) is 41.3 Å². The molecule has 0 unspecified atom stereocenters. The fourth-order valence-corrected chi connectivity index (χ4v) is 7.30. The monoisotopic (exact) mass is 890 g/mol. The summed E-state index contributed by atoms with van der Waals surface area (Å²) in [6.07, 6.45) is 0.395. The van der Waals surface area contributed by atoms with E-state index >= 15 is 0 Å². The zero-order chi connectivity index (χ0) is 44.7. The van der Waals surface area contributed by atoms with Gasteiger partial charge in [0.1, 0.15) is 35.3 Å². The summed E-state index contributed by atoms with van der Waals surface area (Å²) in [5.74, 6) is 0.544. The average molecular weight is 891 g/mol. The number of amides is 3. The number of ether oxygens (including phenoxy) is 4. The Morgan fingerprint density at radius 3 is 1.51 bits per heavy atom. The second-order valence-electron chi connectivity index (χ2n) is 15.0. The van der Waals surface area contributed by atoms with Gasteiger partial charge in [0, 0.05) is 52.4 Å². The maximum Gasteiger partial charge on any atom is 0.414 e. The molecule has 4 fully saturated rings. The van der Waals surface area contributed by atoms with Gasteiger partial charge >= 0.3 is 12.2 Å². The lowest BCUT2D eigenvalue weighted by molar-refractivity contribution is -0.133. The van der Waals surface area contributed by atoms with Crippen molar-refractivity contribution in [1.82, 2.24) is 10.2 Å². The van der Waals surface area contributed by atoms with Gasteiger partial charge in [0.25, 0.3) is 11.1 Å². The van der Waals surface area contributed by atoms with Crippen molar-refractivity contribution in [3.63, 3.8) is 0 Å². The van der Waals surface area contributed by atoms with E-state index in [4.69, 9.17) is 30.5 Å². The normalized spacial score (nSPS) is 18.4. The van der Waals surface area contributed by atoms with Crippen molar-refractivity contribution in [2.24, 2.45) is 0 Å². The number of hydrogen-bond donors (Lipinski definition) is 1. The maximum absolute atomic E-state index is 14.8. The number of piperazine rings is 2.